The Morgan fingerprint density at radius 1 is 1.62 bits per heavy atom. The summed E-state index contributed by atoms with van der Waals surface area (Å²) in [6, 6.07) is 3.09. The van der Waals surface area contributed by atoms with Crippen LogP contribution in [-0.4, -0.2) is 29.4 Å². The summed E-state index contributed by atoms with van der Waals surface area (Å²) < 4.78 is 0. The van der Waals surface area contributed by atoms with Crippen LogP contribution >= 0.6 is 11.6 Å². The van der Waals surface area contributed by atoms with E-state index in [2.05, 4.69) is 10.4 Å². The van der Waals surface area contributed by atoms with Gasteiger partial charge in [-0.05, 0) is 18.6 Å². The van der Waals surface area contributed by atoms with Crippen LogP contribution in [-0.2, 0) is 0 Å². The maximum atomic E-state index is 11.9. The van der Waals surface area contributed by atoms with Crippen LogP contribution in [0.5, 0.6) is 0 Å². The number of pyridine rings is 1. The zero-order chi connectivity index (χ0) is 12.1. The van der Waals surface area contributed by atoms with E-state index in [1.54, 1.807) is 18.0 Å². The molecule has 0 unspecified atom stereocenters. The van der Waals surface area contributed by atoms with Crippen LogP contribution in [0.2, 0.25) is 5.15 Å². The fourth-order valence-corrected chi connectivity index (χ4v) is 1.56. The number of hydrogen-bond acceptors (Lipinski definition) is 4. The average Bonchev–Trinajstić information content (AvgIpc) is 2.27. The molecule has 0 spiro atoms. The van der Waals surface area contributed by atoms with Gasteiger partial charge in [-0.3, -0.25) is 4.79 Å². The van der Waals surface area contributed by atoms with Crippen LogP contribution < -0.4 is 11.3 Å². The minimum absolute atomic E-state index is 0.0948. The van der Waals surface area contributed by atoms with E-state index in [-0.39, 0.29) is 11.1 Å². The van der Waals surface area contributed by atoms with E-state index in [9.17, 15) is 4.79 Å². The quantitative estimate of drug-likeness (QED) is 0.477. The molecule has 0 aliphatic carbocycles. The monoisotopic (exact) mass is 242 g/mol. The van der Waals surface area contributed by atoms with E-state index in [1.165, 1.54) is 6.07 Å². The van der Waals surface area contributed by atoms with Gasteiger partial charge in [-0.25, -0.2) is 10.8 Å². The number of halogens is 1. The number of nitrogens with one attached hydrogen (secondary N) is 1. The van der Waals surface area contributed by atoms with Crippen molar-refractivity contribution < 1.29 is 4.79 Å². The molecule has 0 saturated carbocycles. The molecular weight excluding hydrogens is 228 g/mol. The van der Waals surface area contributed by atoms with Crippen molar-refractivity contribution in [3.05, 3.63) is 22.8 Å². The van der Waals surface area contributed by atoms with Crippen LogP contribution in [0, 0.1) is 0 Å². The number of carbonyl (C=O) groups excluding carboxylic acids is 1. The summed E-state index contributed by atoms with van der Waals surface area (Å²) >= 11 is 5.78. The fourth-order valence-electron chi connectivity index (χ4n) is 1.35. The van der Waals surface area contributed by atoms with Crippen LogP contribution in [0.15, 0.2) is 12.1 Å². The zero-order valence-electron chi connectivity index (χ0n) is 9.33. The van der Waals surface area contributed by atoms with Gasteiger partial charge in [0.15, 0.2) is 0 Å². The minimum Gasteiger partial charge on any atom is -0.342 e. The highest BCUT2D eigenvalue weighted by atomic mass is 35.5. The maximum Gasteiger partial charge on any atom is 0.253 e. The number of hydrogen-bond donors (Lipinski definition) is 2. The SMILES string of the molecule is CCCN(C)C(=O)c1cc(Cl)nc(NN)c1. The molecule has 0 bridgehead atoms. The number of anilines is 1. The largest absolute Gasteiger partial charge is 0.342 e. The second-order valence-corrected chi connectivity index (χ2v) is 3.82. The smallest absolute Gasteiger partial charge is 0.253 e. The molecule has 0 atom stereocenters. The van der Waals surface area contributed by atoms with Crippen molar-refractivity contribution in [3.63, 3.8) is 0 Å². The first-order chi connectivity index (χ1) is 7.58. The lowest BCUT2D eigenvalue weighted by molar-refractivity contribution is 0.0795. The number of nitrogens with two attached hydrogens (primary N) is 1. The van der Waals surface area contributed by atoms with E-state index < -0.39 is 0 Å². The molecule has 0 aromatic carbocycles. The predicted molar refractivity (Wildman–Crippen MR) is 64.3 cm³/mol. The first kappa shape index (κ1) is 12.7. The number of carbonyl (C=O) groups is 1. The molecule has 88 valence electrons. The lowest BCUT2D eigenvalue weighted by Gasteiger charge is -2.16. The third kappa shape index (κ3) is 3.08. The van der Waals surface area contributed by atoms with Crippen molar-refractivity contribution in [2.75, 3.05) is 19.0 Å². The van der Waals surface area contributed by atoms with Gasteiger partial charge < -0.3 is 10.3 Å². The number of rotatable bonds is 4. The molecule has 1 rings (SSSR count). The maximum absolute atomic E-state index is 11.9. The Balaban J connectivity index is 2.94. The van der Waals surface area contributed by atoms with E-state index in [1.807, 2.05) is 6.92 Å². The Morgan fingerprint density at radius 2 is 2.31 bits per heavy atom. The van der Waals surface area contributed by atoms with E-state index >= 15 is 0 Å². The molecule has 1 amide bonds. The summed E-state index contributed by atoms with van der Waals surface area (Å²) in [4.78, 5) is 17.5. The van der Waals surface area contributed by atoms with Crippen molar-refractivity contribution in [1.82, 2.24) is 9.88 Å². The van der Waals surface area contributed by atoms with E-state index in [0.29, 0.717) is 17.9 Å². The molecule has 1 aromatic rings. The van der Waals surface area contributed by atoms with Gasteiger partial charge in [0.1, 0.15) is 11.0 Å². The molecule has 1 aromatic heterocycles. The normalized spacial score (nSPS) is 10.0. The van der Waals surface area contributed by atoms with Crippen LogP contribution in [0.4, 0.5) is 5.82 Å². The molecule has 0 radical (unpaired) electrons. The van der Waals surface area contributed by atoms with Crippen molar-refractivity contribution >= 4 is 23.3 Å². The second-order valence-electron chi connectivity index (χ2n) is 3.43. The third-order valence-corrected chi connectivity index (χ3v) is 2.29. The predicted octanol–water partition coefficient (Wildman–Crippen LogP) is 1.50. The highest BCUT2D eigenvalue weighted by molar-refractivity contribution is 6.29. The van der Waals surface area contributed by atoms with Gasteiger partial charge in [0.25, 0.3) is 5.91 Å². The first-order valence-electron chi connectivity index (χ1n) is 4.98. The topological polar surface area (TPSA) is 71.2 Å². The molecule has 0 aliphatic heterocycles. The molecule has 0 aliphatic rings. The fraction of sp³-hybridized carbons (Fsp3) is 0.400. The molecule has 0 saturated heterocycles. The summed E-state index contributed by atoms with van der Waals surface area (Å²) in [6.07, 6.45) is 0.906. The lowest BCUT2D eigenvalue weighted by atomic mass is 10.2. The summed E-state index contributed by atoms with van der Waals surface area (Å²) in [7, 11) is 1.75. The number of nitrogens with zero attached hydrogens (tertiary/aromatic N) is 2. The molecule has 6 heteroatoms. The van der Waals surface area contributed by atoms with E-state index in [4.69, 9.17) is 17.4 Å². The highest BCUT2D eigenvalue weighted by Crippen LogP contribution is 2.15. The van der Waals surface area contributed by atoms with Gasteiger partial charge >= 0.3 is 0 Å². The van der Waals surface area contributed by atoms with Gasteiger partial charge in [0.05, 0.1) is 0 Å². The minimum atomic E-state index is -0.0948. The first-order valence-corrected chi connectivity index (χ1v) is 5.36. The lowest BCUT2D eigenvalue weighted by Crippen LogP contribution is -2.27. The average molecular weight is 243 g/mol. The molecule has 0 fully saturated rings. The molecular formula is C10H15ClN4O. The molecule has 5 nitrogen and oxygen atoms in total. The molecule has 16 heavy (non-hydrogen) atoms. The molecule has 1 heterocycles. The van der Waals surface area contributed by atoms with E-state index in [0.717, 1.165) is 6.42 Å². The number of nitrogen functional groups attached to an aromatic ring is 1. The van der Waals surface area contributed by atoms with Crippen molar-refractivity contribution in [3.8, 4) is 0 Å². The Morgan fingerprint density at radius 3 is 2.88 bits per heavy atom. The van der Waals surface area contributed by atoms with Crippen molar-refractivity contribution in [2.45, 2.75) is 13.3 Å². The van der Waals surface area contributed by atoms with Gasteiger partial charge in [-0.1, -0.05) is 18.5 Å². The third-order valence-electron chi connectivity index (χ3n) is 2.09. The number of aromatic nitrogens is 1. The standard InChI is InChI=1S/C10H15ClN4O/c1-3-4-15(2)10(16)7-5-8(11)13-9(6-7)14-12/h5-6H,3-4,12H2,1-2H3,(H,13,14). The Bertz CT molecular complexity index is 383. The Labute approximate surface area is 99.6 Å². The van der Waals surface area contributed by atoms with Crippen LogP contribution in [0.25, 0.3) is 0 Å². The highest BCUT2D eigenvalue weighted by Gasteiger charge is 2.12. The van der Waals surface area contributed by atoms with Crippen LogP contribution in [0.1, 0.15) is 23.7 Å². The van der Waals surface area contributed by atoms with Gasteiger partial charge in [-0.2, -0.15) is 0 Å². The summed E-state index contributed by atoms with van der Waals surface area (Å²) in [6.45, 7) is 2.71. The summed E-state index contributed by atoms with van der Waals surface area (Å²) in [5.41, 5.74) is 2.84. The van der Waals surface area contributed by atoms with Crippen molar-refractivity contribution in [2.24, 2.45) is 5.84 Å². The van der Waals surface area contributed by atoms with Gasteiger partial charge in [0, 0.05) is 19.2 Å². The number of hydrazine groups is 1. The van der Waals surface area contributed by atoms with Crippen molar-refractivity contribution in [1.29, 1.82) is 0 Å². The Kier molecular flexibility index (Phi) is 4.52. The van der Waals surface area contributed by atoms with Crippen LogP contribution in [0.3, 0.4) is 0 Å². The summed E-state index contributed by atoms with van der Waals surface area (Å²) in [5.74, 6) is 5.51. The zero-order valence-corrected chi connectivity index (χ0v) is 10.1. The Hall–Kier alpha value is -1.33. The van der Waals surface area contributed by atoms with Gasteiger partial charge in [-0.15, -0.1) is 0 Å². The van der Waals surface area contributed by atoms with Gasteiger partial charge in [0.2, 0.25) is 0 Å². The number of amides is 1. The summed E-state index contributed by atoms with van der Waals surface area (Å²) in [5, 5.41) is 0.240. The molecule has 3 N–H and O–H groups in total. The second kappa shape index (κ2) is 5.67.